The van der Waals surface area contributed by atoms with E-state index in [0.29, 0.717) is 0 Å². The maximum absolute atomic E-state index is 2.51. The zero-order valence-corrected chi connectivity index (χ0v) is 19.1. The van der Waals surface area contributed by atoms with Crippen molar-refractivity contribution in [2.75, 3.05) is 0 Å². The van der Waals surface area contributed by atoms with Crippen molar-refractivity contribution in [2.45, 2.75) is 0 Å². The Morgan fingerprint density at radius 2 is 1.15 bits per heavy atom. The first-order valence-corrected chi connectivity index (χ1v) is 12.4. The minimum atomic E-state index is 1.23. The highest BCUT2D eigenvalue weighted by atomic mass is 32.1. The summed E-state index contributed by atoms with van der Waals surface area (Å²) in [7, 11) is 0. The molecule has 34 heavy (non-hydrogen) atoms. The molecular formula is C32H19NS. The van der Waals surface area contributed by atoms with Gasteiger partial charge in [-0.1, -0.05) is 91.0 Å². The smallest absolute Gasteiger partial charge is 0.0720 e. The molecule has 0 saturated carbocycles. The molecule has 8 aromatic rings. The zero-order valence-electron chi connectivity index (χ0n) is 18.3. The predicted octanol–water partition coefficient (Wildman–Crippen LogP) is 9.46. The van der Waals surface area contributed by atoms with Crippen molar-refractivity contribution in [3.63, 3.8) is 0 Å². The molecule has 0 N–H and O–H groups in total. The number of rotatable bonds is 1. The van der Waals surface area contributed by atoms with Crippen LogP contribution in [0.15, 0.2) is 115 Å². The average Bonchev–Trinajstić information content (AvgIpc) is 3.42. The van der Waals surface area contributed by atoms with Crippen LogP contribution in [0.25, 0.3) is 69.2 Å². The standard InChI is InChI=1S/C32H19NS/c1-2-10-22-19-29-27(18-21(22)9-1)25-16-17-26-24-13-5-6-15-30(24)34-32(26)31(25)33(29)28-14-7-11-20-8-3-4-12-23(20)28/h1-19H. The Balaban J connectivity index is 1.67. The molecule has 158 valence electrons. The van der Waals surface area contributed by atoms with Crippen molar-refractivity contribution >= 4 is 74.9 Å². The van der Waals surface area contributed by atoms with E-state index in [1.807, 2.05) is 11.3 Å². The molecule has 0 aliphatic heterocycles. The van der Waals surface area contributed by atoms with Gasteiger partial charge in [0.1, 0.15) is 0 Å². The Morgan fingerprint density at radius 3 is 2.03 bits per heavy atom. The summed E-state index contributed by atoms with van der Waals surface area (Å²) in [6.07, 6.45) is 0. The van der Waals surface area contributed by atoms with Crippen LogP contribution in [0.2, 0.25) is 0 Å². The Labute approximate surface area is 200 Å². The normalized spacial score (nSPS) is 12.1. The van der Waals surface area contributed by atoms with Gasteiger partial charge in [-0.2, -0.15) is 0 Å². The van der Waals surface area contributed by atoms with Crippen LogP contribution in [0.4, 0.5) is 0 Å². The second kappa shape index (κ2) is 6.69. The fraction of sp³-hybridized carbons (Fsp3) is 0. The number of thiophene rings is 1. The molecule has 2 aromatic heterocycles. The van der Waals surface area contributed by atoms with Crippen molar-refractivity contribution in [2.24, 2.45) is 0 Å². The van der Waals surface area contributed by atoms with Crippen LogP contribution in [0.5, 0.6) is 0 Å². The van der Waals surface area contributed by atoms with E-state index in [9.17, 15) is 0 Å². The van der Waals surface area contributed by atoms with Crippen LogP contribution in [-0.4, -0.2) is 4.57 Å². The molecule has 0 atom stereocenters. The van der Waals surface area contributed by atoms with E-state index in [1.165, 1.54) is 69.2 Å². The largest absolute Gasteiger partial charge is 0.307 e. The van der Waals surface area contributed by atoms with E-state index >= 15 is 0 Å². The lowest BCUT2D eigenvalue weighted by molar-refractivity contribution is 1.21. The SMILES string of the molecule is c1ccc2cc3c(cc2c1)c1ccc2c4ccccc4sc2c1n3-c1cccc2ccccc12. The molecule has 0 aliphatic rings. The maximum atomic E-state index is 2.51. The van der Waals surface area contributed by atoms with Gasteiger partial charge in [-0.3, -0.25) is 0 Å². The first kappa shape index (κ1) is 18.3. The topological polar surface area (TPSA) is 4.93 Å². The summed E-state index contributed by atoms with van der Waals surface area (Å²) in [5.74, 6) is 0. The number of nitrogens with zero attached hydrogens (tertiary/aromatic N) is 1. The highest BCUT2D eigenvalue weighted by Gasteiger charge is 2.19. The van der Waals surface area contributed by atoms with Crippen LogP contribution in [0.3, 0.4) is 0 Å². The van der Waals surface area contributed by atoms with E-state index in [2.05, 4.69) is 120 Å². The lowest BCUT2D eigenvalue weighted by atomic mass is 10.1. The van der Waals surface area contributed by atoms with Crippen LogP contribution in [0.1, 0.15) is 0 Å². The van der Waals surface area contributed by atoms with Gasteiger partial charge in [0, 0.05) is 31.6 Å². The summed E-state index contributed by atoms with van der Waals surface area (Å²) in [5, 5.41) is 10.4. The molecule has 8 rings (SSSR count). The molecular weight excluding hydrogens is 430 g/mol. The van der Waals surface area contributed by atoms with Gasteiger partial charge < -0.3 is 4.57 Å². The minimum Gasteiger partial charge on any atom is -0.307 e. The van der Waals surface area contributed by atoms with Crippen molar-refractivity contribution < 1.29 is 0 Å². The Bertz CT molecular complexity index is 2060. The van der Waals surface area contributed by atoms with Crippen LogP contribution < -0.4 is 0 Å². The Hall–Kier alpha value is -4.14. The third-order valence-electron chi connectivity index (χ3n) is 7.15. The zero-order chi connectivity index (χ0) is 22.2. The Kier molecular flexibility index (Phi) is 3.60. The number of aromatic nitrogens is 1. The molecule has 1 nitrogen and oxygen atoms in total. The van der Waals surface area contributed by atoms with E-state index < -0.39 is 0 Å². The third-order valence-corrected chi connectivity index (χ3v) is 8.34. The highest BCUT2D eigenvalue weighted by molar-refractivity contribution is 7.26. The molecule has 0 unspecified atom stereocenters. The summed E-state index contributed by atoms with van der Waals surface area (Å²) in [6, 6.07) is 42.2. The fourth-order valence-electron chi connectivity index (χ4n) is 5.62. The van der Waals surface area contributed by atoms with Gasteiger partial charge >= 0.3 is 0 Å². The molecule has 0 bridgehead atoms. The second-order valence-corrected chi connectivity index (χ2v) is 10.0. The van der Waals surface area contributed by atoms with Crippen LogP contribution >= 0.6 is 11.3 Å². The van der Waals surface area contributed by atoms with Gasteiger partial charge in [0.2, 0.25) is 0 Å². The number of benzene rings is 6. The minimum absolute atomic E-state index is 1.23. The summed E-state index contributed by atoms with van der Waals surface area (Å²) >= 11 is 1.90. The van der Waals surface area contributed by atoms with E-state index in [1.54, 1.807) is 0 Å². The van der Waals surface area contributed by atoms with Gasteiger partial charge in [0.25, 0.3) is 0 Å². The van der Waals surface area contributed by atoms with Crippen LogP contribution in [-0.2, 0) is 0 Å². The van der Waals surface area contributed by atoms with E-state index in [0.717, 1.165) is 0 Å². The van der Waals surface area contributed by atoms with Gasteiger partial charge in [-0.25, -0.2) is 0 Å². The van der Waals surface area contributed by atoms with Crippen molar-refractivity contribution in [3.05, 3.63) is 115 Å². The highest BCUT2D eigenvalue weighted by Crippen LogP contribution is 2.44. The predicted molar refractivity (Wildman–Crippen MR) is 149 cm³/mol. The molecule has 2 heteroatoms. The lowest BCUT2D eigenvalue weighted by Crippen LogP contribution is -1.95. The first-order chi connectivity index (χ1) is 16.9. The molecule has 0 spiro atoms. The summed E-state index contributed by atoms with van der Waals surface area (Å²) < 4.78 is 5.20. The molecule has 2 heterocycles. The number of hydrogen-bond donors (Lipinski definition) is 0. The van der Waals surface area contributed by atoms with Gasteiger partial charge in [0.15, 0.2) is 0 Å². The van der Waals surface area contributed by atoms with Crippen molar-refractivity contribution in [3.8, 4) is 5.69 Å². The molecule has 6 aromatic carbocycles. The van der Waals surface area contributed by atoms with Crippen molar-refractivity contribution in [1.29, 1.82) is 0 Å². The number of hydrogen-bond acceptors (Lipinski definition) is 1. The quantitative estimate of drug-likeness (QED) is 0.235. The first-order valence-electron chi connectivity index (χ1n) is 11.6. The van der Waals surface area contributed by atoms with Gasteiger partial charge in [0.05, 0.1) is 21.4 Å². The molecule has 0 fully saturated rings. The second-order valence-electron chi connectivity index (χ2n) is 8.99. The summed E-state index contributed by atoms with van der Waals surface area (Å²) in [6.45, 7) is 0. The maximum Gasteiger partial charge on any atom is 0.0720 e. The van der Waals surface area contributed by atoms with Gasteiger partial charge in [-0.05, 0) is 40.4 Å². The van der Waals surface area contributed by atoms with Crippen LogP contribution in [0, 0.1) is 0 Å². The monoisotopic (exact) mass is 449 g/mol. The van der Waals surface area contributed by atoms with Gasteiger partial charge in [-0.15, -0.1) is 11.3 Å². The average molecular weight is 450 g/mol. The third kappa shape index (κ3) is 2.38. The lowest BCUT2D eigenvalue weighted by Gasteiger charge is -2.12. The molecule has 0 amide bonds. The number of fused-ring (bicyclic) bond motifs is 9. The van der Waals surface area contributed by atoms with E-state index in [-0.39, 0.29) is 0 Å². The molecule has 0 radical (unpaired) electrons. The Morgan fingerprint density at radius 1 is 0.471 bits per heavy atom. The molecule has 0 saturated heterocycles. The summed E-state index contributed by atoms with van der Waals surface area (Å²) in [4.78, 5) is 0. The fourth-order valence-corrected chi connectivity index (χ4v) is 6.86. The molecule has 0 aliphatic carbocycles. The summed E-state index contributed by atoms with van der Waals surface area (Å²) in [5.41, 5.74) is 3.80. The van der Waals surface area contributed by atoms with Crippen molar-refractivity contribution in [1.82, 2.24) is 4.57 Å². The van der Waals surface area contributed by atoms with E-state index in [4.69, 9.17) is 0 Å².